The van der Waals surface area contributed by atoms with Crippen LogP contribution in [0.2, 0.25) is 0 Å². The summed E-state index contributed by atoms with van der Waals surface area (Å²) in [6.07, 6.45) is 2.26. The monoisotopic (exact) mass is 360 g/mol. The fourth-order valence-electron chi connectivity index (χ4n) is 2.57. The lowest BCUT2D eigenvalue weighted by Crippen LogP contribution is -2.28. The van der Waals surface area contributed by atoms with Gasteiger partial charge in [0.15, 0.2) is 0 Å². The zero-order valence-electron chi connectivity index (χ0n) is 15.1. The molecule has 26 heavy (non-hydrogen) atoms. The fraction of sp³-hybridized carbons (Fsp3) is 0.421. The van der Waals surface area contributed by atoms with Crippen molar-refractivity contribution in [3.8, 4) is 5.75 Å². The highest BCUT2D eigenvalue weighted by atomic mass is 16.5. The van der Waals surface area contributed by atoms with Crippen LogP contribution in [0.15, 0.2) is 33.9 Å². The van der Waals surface area contributed by atoms with Gasteiger partial charge in [0.25, 0.3) is 11.1 Å². The number of hydrogen-bond donors (Lipinski definition) is 2. The highest BCUT2D eigenvalue weighted by Crippen LogP contribution is 2.15. The van der Waals surface area contributed by atoms with E-state index in [2.05, 4.69) is 10.2 Å². The van der Waals surface area contributed by atoms with Crippen molar-refractivity contribution in [3.63, 3.8) is 0 Å². The molecule has 2 rings (SSSR count). The summed E-state index contributed by atoms with van der Waals surface area (Å²) in [5, 5.41) is 4.67. The first-order valence-corrected chi connectivity index (χ1v) is 8.66. The van der Waals surface area contributed by atoms with E-state index < -0.39 is 5.56 Å². The molecule has 0 radical (unpaired) electrons. The van der Waals surface area contributed by atoms with Crippen LogP contribution in [0.4, 0.5) is 0 Å². The Morgan fingerprint density at radius 1 is 1.04 bits per heavy atom. The van der Waals surface area contributed by atoms with Gasteiger partial charge in [0.1, 0.15) is 5.75 Å². The zero-order chi connectivity index (χ0) is 18.9. The number of aromatic amines is 2. The normalized spacial score (nSPS) is 10.5. The van der Waals surface area contributed by atoms with Gasteiger partial charge in [-0.3, -0.25) is 24.6 Å². The minimum absolute atomic E-state index is 0.0614. The van der Waals surface area contributed by atoms with E-state index in [1.54, 1.807) is 19.2 Å². The Morgan fingerprint density at radius 3 is 2.31 bits per heavy atom. The number of hydrogen-bond acceptors (Lipinski definition) is 5. The largest absolute Gasteiger partial charge is 0.497 e. The van der Waals surface area contributed by atoms with Crippen molar-refractivity contribution >= 4 is 5.97 Å². The molecule has 0 bridgehead atoms. The number of H-pyrrole nitrogens is 2. The summed E-state index contributed by atoms with van der Waals surface area (Å²) in [6, 6.07) is 7.26. The molecule has 1 aromatic carbocycles. The number of carbonyl (C=O) groups excluding carboxylic acids is 1. The predicted octanol–water partition coefficient (Wildman–Crippen LogP) is 1.94. The van der Waals surface area contributed by atoms with Crippen LogP contribution in [0.1, 0.15) is 42.9 Å². The highest BCUT2D eigenvalue weighted by molar-refractivity contribution is 5.69. The lowest BCUT2D eigenvalue weighted by molar-refractivity contribution is -0.143. The third-order valence-corrected chi connectivity index (χ3v) is 4.08. The van der Waals surface area contributed by atoms with Crippen molar-refractivity contribution < 1.29 is 14.3 Å². The van der Waals surface area contributed by atoms with Crippen LogP contribution in [0.3, 0.4) is 0 Å². The smallest absolute Gasteiger partial charge is 0.306 e. The van der Waals surface area contributed by atoms with Crippen LogP contribution < -0.4 is 15.9 Å². The van der Waals surface area contributed by atoms with Crippen molar-refractivity contribution in [1.82, 2.24) is 10.2 Å². The molecule has 0 aliphatic heterocycles. The standard InChI is InChI=1S/C19H24N2O5/c1-3-4-11-26-17(22)10-9-15-16(19(24)21-20-18(15)23)12-13-5-7-14(25-2)8-6-13/h5-8H,3-4,9-12H2,1-2H3,(H,20,23)(H,21,24). The molecule has 1 heterocycles. The van der Waals surface area contributed by atoms with Gasteiger partial charge in [0.05, 0.1) is 13.7 Å². The molecule has 2 N–H and O–H groups in total. The number of benzene rings is 1. The summed E-state index contributed by atoms with van der Waals surface area (Å²) in [5.41, 5.74) is 0.787. The lowest BCUT2D eigenvalue weighted by atomic mass is 9.99. The highest BCUT2D eigenvalue weighted by Gasteiger charge is 2.15. The molecule has 0 aliphatic rings. The van der Waals surface area contributed by atoms with E-state index in [9.17, 15) is 14.4 Å². The second-order valence-electron chi connectivity index (χ2n) is 5.96. The first kappa shape index (κ1) is 19.5. The minimum atomic E-state index is -0.394. The van der Waals surface area contributed by atoms with E-state index >= 15 is 0 Å². The van der Waals surface area contributed by atoms with Crippen molar-refractivity contribution in [1.29, 1.82) is 0 Å². The molecule has 0 aliphatic carbocycles. The van der Waals surface area contributed by atoms with Crippen LogP contribution in [-0.2, 0) is 22.4 Å². The average molecular weight is 360 g/mol. The summed E-state index contributed by atoms with van der Waals surface area (Å²) >= 11 is 0. The summed E-state index contributed by atoms with van der Waals surface area (Å²) in [6.45, 7) is 2.38. The first-order chi connectivity index (χ1) is 12.5. The van der Waals surface area contributed by atoms with E-state index in [1.165, 1.54) is 0 Å². The van der Waals surface area contributed by atoms with Gasteiger partial charge < -0.3 is 9.47 Å². The van der Waals surface area contributed by atoms with Gasteiger partial charge >= 0.3 is 5.97 Å². The summed E-state index contributed by atoms with van der Waals surface area (Å²) < 4.78 is 10.2. The molecule has 7 heteroatoms. The van der Waals surface area contributed by atoms with Crippen LogP contribution >= 0.6 is 0 Å². The van der Waals surface area contributed by atoms with E-state index in [0.717, 1.165) is 18.4 Å². The maximum absolute atomic E-state index is 12.2. The number of esters is 1. The Labute approximate surface area is 151 Å². The molecule has 0 saturated heterocycles. The number of ether oxygens (including phenoxy) is 2. The number of unbranched alkanes of at least 4 members (excludes halogenated alkanes) is 1. The van der Waals surface area contributed by atoms with E-state index in [4.69, 9.17) is 9.47 Å². The van der Waals surface area contributed by atoms with Crippen LogP contribution in [0.25, 0.3) is 0 Å². The Balaban J connectivity index is 2.15. The van der Waals surface area contributed by atoms with Crippen LogP contribution in [0.5, 0.6) is 5.75 Å². The number of nitrogens with one attached hydrogen (secondary N) is 2. The molecular weight excluding hydrogens is 336 g/mol. The first-order valence-electron chi connectivity index (χ1n) is 8.66. The molecule has 0 spiro atoms. The topological polar surface area (TPSA) is 101 Å². The molecule has 2 aromatic rings. The number of rotatable bonds is 9. The van der Waals surface area contributed by atoms with E-state index in [0.29, 0.717) is 29.9 Å². The number of aromatic nitrogens is 2. The number of methoxy groups -OCH3 is 1. The molecule has 0 saturated carbocycles. The fourth-order valence-corrected chi connectivity index (χ4v) is 2.57. The second kappa shape index (κ2) is 9.60. The Hall–Kier alpha value is -2.83. The van der Waals surface area contributed by atoms with Gasteiger partial charge in [0.2, 0.25) is 0 Å². The maximum Gasteiger partial charge on any atom is 0.306 e. The van der Waals surface area contributed by atoms with Crippen molar-refractivity contribution in [2.45, 2.75) is 39.0 Å². The predicted molar refractivity (Wildman–Crippen MR) is 97.7 cm³/mol. The third kappa shape index (κ3) is 5.34. The Morgan fingerprint density at radius 2 is 1.69 bits per heavy atom. The molecule has 7 nitrogen and oxygen atoms in total. The van der Waals surface area contributed by atoms with Crippen molar-refractivity contribution in [2.75, 3.05) is 13.7 Å². The molecular formula is C19H24N2O5. The summed E-state index contributed by atoms with van der Waals surface area (Å²) in [4.78, 5) is 36.2. The quantitative estimate of drug-likeness (QED) is 0.526. The number of carbonyl (C=O) groups is 1. The molecule has 0 unspecified atom stereocenters. The Bertz CT molecular complexity index is 836. The van der Waals surface area contributed by atoms with Gasteiger partial charge in [0, 0.05) is 24.0 Å². The van der Waals surface area contributed by atoms with E-state index in [1.807, 2.05) is 19.1 Å². The minimum Gasteiger partial charge on any atom is -0.497 e. The zero-order valence-corrected chi connectivity index (χ0v) is 15.1. The van der Waals surface area contributed by atoms with E-state index in [-0.39, 0.29) is 24.4 Å². The molecule has 0 amide bonds. The lowest BCUT2D eigenvalue weighted by Gasteiger charge is -2.09. The average Bonchev–Trinajstić information content (AvgIpc) is 2.65. The maximum atomic E-state index is 12.2. The molecule has 1 aromatic heterocycles. The third-order valence-electron chi connectivity index (χ3n) is 4.08. The molecule has 0 fully saturated rings. The second-order valence-corrected chi connectivity index (χ2v) is 5.96. The molecule has 140 valence electrons. The van der Waals surface area contributed by atoms with Gasteiger partial charge in [-0.15, -0.1) is 0 Å². The van der Waals surface area contributed by atoms with Gasteiger partial charge in [-0.2, -0.15) is 0 Å². The van der Waals surface area contributed by atoms with Gasteiger partial charge in [-0.05, 0) is 30.5 Å². The molecule has 0 atom stereocenters. The summed E-state index contributed by atoms with van der Waals surface area (Å²) in [7, 11) is 1.58. The van der Waals surface area contributed by atoms with Gasteiger partial charge in [-0.25, -0.2) is 0 Å². The van der Waals surface area contributed by atoms with Crippen molar-refractivity contribution in [2.24, 2.45) is 0 Å². The summed E-state index contributed by atoms with van der Waals surface area (Å²) in [5.74, 6) is 0.345. The van der Waals surface area contributed by atoms with Crippen molar-refractivity contribution in [3.05, 3.63) is 61.7 Å². The SMILES string of the molecule is CCCCOC(=O)CCc1c(Cc2ccc(OC)cc2)c(=O)[nH][nH]c1=O. The van der Waals surface area contributed by atoms with Crippen LogP contribution in [0, 0.1) is 0 Å². The van der Waals surface area contributed by atoms with Crippen LogP contribution in [-0.4, -0.2) is 29.9 Å². The Kier molecular flexibility index (Phi) is 7.20. The van der Waals surface area contributed by atoms with Gasteiger partial charge in [-0.1, -0.05) is 25.5 Å².